The smallest absolute Gasteiger partial charge is 0.210 e. The number of rotatable bonds is 3. The van der Waals surface area contributed by atoms with Crippen molar-refractivity contribution in [2.24, 2.45) is 0 Å². The number of hydrogen-bond acceptors (Lipinski definition) is 3. The number of anilines is 1. The summed E-state index contributed by atoms with van der Waals surface area (Å²) in [5, 5.41) is 0.898. The largest absolute Gasteiger partial charge is 0.490 e. The summed E-state index contributed by atoms with van der Waals surface area (Å²) in [4.78, 5) is 2.35. The predicted molar refractivity (Wildman–Crippen MR) is 178 cm³/mol. The number of fused-ring (bicyclic) bond motifs is 4. The van der Waals surface area contributed by atoms with Gasteiger partial charge >= 0.3 is 0 Å². The third-order valence-corrected chi connectivity index (χ3v) is 10.9. The molecule has 0 fully saturated rings. The van der Waals surface area contributed by atoms with E-state index in [1.165, 1.54) is 56.2 Å². The van der Waals surface area contributed by atoms with Crippen molar-refractivity contribution < 1.29 is 14.0 Å². The summed E-state index contributed by atoms with van der Waals surface area (Å²) in [7, 11) is 4.37. The maximum atomic E-state index is 7.14. The van der Waals surface area contributed by atoms with Crippen LogP contribution in [0.1, 0.15) is 83.1 Å². The SMILES string of the molecule is CC1Cc2cc3c(cc2O1)C(C)(C)C(/C=C/C1=C(Cl)C(=C/C=C2\N(C)c4cc5c(cc4C2(C)C)OC(C)C5)CCC1)=[N+]3C. The Balaban J connectivity index is 1.17. The van der Waals surface area contributed by atoms with E-state index in [2.05, 4.69) is 114 Å². The molecule has 5 aliphatic rings. The van der Waals surface area contributed by atoms with Crippen LogP contribution in [0.3, 0.4) is 0 Å². The molecular weight excluding hydrogens is 552 g/mol. The van der Waals surface area contributed by atoms with Crippen molar-refractivity contribution in [2.75, 3.05) is 19.0 Å². The van der Waals surface area contributed by atoms with Gasteiger partial charge in [0.1, 0.15) is 30.8 Å². The first-order valence-electron chi connectivity index (χ1n) is 15.9. The summed E-state index contributed by atoms with van der Waals surface area (Å²) in [6, 6.07) is 9.21. The molecule has 0 spiro atoms. The van der Waals surface area contributed by atoms with E-state index in [9.17, 15) is 0 Å². The quantitative estimate of drug-likeness (QED) is 0.331. The van der Waals surface area contributed by atoms with Crippen molar-refractivity contribution in [3.8, 4) is 11.5 Å². The van der Waals surface area contributed by atoms with E-state index in [1.807, 2.05) is 0 Å². The number of hydrogen-bond donors (Lipinski definition) is 0. The molecule has 0 aromatic heterocycles. The second kappa shape index (κ2) is 9.89. The summed E-state index contributed by atoms with van der Waals surface area (Å²) in [5.41, 5.74) is 12.6. The van der Waals surface area contributed by atoms with Gasteiger partial charge in [-0.1, -0.05) is 37.6 Å². The molecule has 4 nitrogen and oxygen atoms in total. The first-order chi connectivity index (χ1) is 20.4. The van der Waals surface area contributed by atoms with Crippen molar-refractivity contribution in [1.29, 1.82) is 0 Å². The minimum atomic E-state index is -0.119. The second-order valence-electron chi connectivity index (χ2n) is 14.2. The molecular formula is C38H44ClN2O2+. The standard InChI is InChI=1S/C38H44ClN2O2/c1-22-16-26-18-30-28(20-32(26)42-22)37(3,4)34(40(30)7)14-12-24-10-9-11-25(36(24)39)13-15-35-38(5,6)29-21-33-27(17-23(2)43-33)19-31(29)41(35)8/h12-15,18-23H,9-11,16-17H2,1-8H3/q+1. The van der Waals surface area contributed by atoms with Crippen LogP contribution >= 0.6 is 11.6 Å². The van der Waals surface area contributed by atoms with Crippen molar-refractivity contribution in [3.63, 3.8) is 0 Å². The summed E-state index contributed by atoms with van der Waals surface area (Å²) in [6.07, 6.45) is 14.7. The zero-order chi connectivity index (χ0) is 30.4. The monoisotopic (exact) mass is 595 g/mol. The minimum absolute atomic E-state index is 0.119. The van der Waals surface area contributed by atoms with Gasteiger partial charge in [0.2, 0.25) is 5.69 Å². The highest BCUT2D eigenvalue weighted by Crippen LogP contribution is 2.51. The molecule has 43 heavy (non-hydrogen) atoms. The van der Waals surface area contributed by atoms with Crippen LogP contribution in [0.2, 0.25) is 0 Å². The van der Waals surface area contributed by atoms with Crippen LogP contribution in [0.15, 0.2) is 70.4 Å². The fraction of sp³-hybridized carbons (Fsp3) is 0.447. The van der Waals surface area contributed by atoms with E-state index in [4.69, 9.17) is 21.1 Å². The minimum Gasteiger partial charge on any atom is -0.490 e. The molecule has 4 heterocycles. The summed E-state index contributed by atoms with van der Waals surface area (Å²) < 4.78 is 14.6. The van der Waals surface area contributed by atoms with Gasteiger partial charge in [-0.2, -0.15) is 4.58 Å². The fourth-order valence-corrected chi connectivity index (χ4v) is 8.35. The number of ether oxygens (including phenoxy) is 2. The summed E-state index contributed by atoms with van der Waals surface area (Å²) >= 11 is 7.14. The van der Waals surface area contributed by atoms with E-state index < -0.39 is 0 Å². The normalized spacial score (nSPS) is 26.8. The predicted octanol–water partition coefficient (Wildman–Crippen LogP) is 8.81. The lowest BCUT2D eigenvalue weighted by atomic mass is 9.80. The Morgan fingerprint density at radius 3 is 2.21 bits per heavy atom. The molecule has 7 rings (SSSR count). The van der Waals surface area contributed by atoms with Crippen molar-refractivity contribution in [3.05, 3.63) is 92.7 Å². The maximum Gasteiger partial charge on any atom is 0.210 e. The van der Waals surface area contributed by atoms with E-state index >= 15 is 0 Å². The lowest BCUT2D eigenvalue weighted by Gasteiger charge is -2.24. The molecule has 2 atom stereocenters. The van der Waals surface area contributed by atoms with E-state index in [1.54, 1.807) is 0 Å². The molecule has 2 aromatic rings. The number of allylic oxidation sites excluding steroid dienone is 8. The Morgan fingerprint density at radius 2 is 1.51 bits per heavy atom. The Morgan fingerprint density at radius 1 is 0.860 bits per heavy atom. The molecule has 0 saturated heterocycles. The summed E-state index contributed by atoms with van der Waals surface area (Å²) in [6.45, 7) is 13.5. The van der Waals surface area contributed by atoms with Gasteiger partial charge in [-0.25, -0.2) is 0 Å². The third-order valence-electron chi connectivity index (χ3n) is 10.4. The fourth-order valence-electron chi connectivity index (χ4n) is 8.04. The van der Waals surface area contributed by atoms with Crippen molar-refractivity contribution >= 4 is 28.7 Å². The number of likely N-dealkylation sites (N-methyl/N-ethyl adjacent to an activating group) is 1. The second-order valence-corrected chi connectivity index (χ2v) is 14.6. The van der Waals surface area contributed by atoms with Crippen LogP contribution in [0, 0.1) is 0 Å². The van der Waals surface area contributed by atoms with Gasteiger partial charge in [0, 0.05) is 65.0 Å². The molecule has 1 aliphatic carbocycles. The van der Waals surface area contributed by atoms with Gasteiger partial charge in [-0.05, 0) is 93.5 Å². The van der Waals surface area contributed by atoms with Gasteiger partial charge in [0.15, 0.2) is 5.71 Å². The van der Waals surface area contributed by atoms with E-state index in [0.717, 1.165) is 48.6 Å². The molecule has 0 N–H and O–H groups in total. The van der Waals surface area contributed by atoms with Crippen LogP contribution in [-0.4, -0.2) is 36.6 Å². The third kappa shape index (κ3) is 4.43. The zero-order valence-electron chi connectivity index (χ0n) is 26.9. The van der Waals surface area contributed by atoms with Crippen LogP contribution < -0.4 is 14.4 Å². The van der Waals surface area contributed by atoms with Crippen molar-refractivity contribution in [2.45, 2.75) is 96.7 Å². The molecule has 2 unspecified atom stereocenters. The lowest BCUT2D eigenvalue weighted by molar-refractivity contribution is -0.401. The molecule has 224 valence electrons. The van der Waals surface area contributed by atoms with Gasteiger partial charge in [0.25, 0.3) is 0 Å². The molecule has 0 amide bonds. The summed E-state index contributed by atoms with van der Waals surface area (Å²) in [5.74, 6) is 2.09. The highest BCUT2D eigenvalue weighted by atomic mass is 35.5. The average molecular weight is 596 g/mol. The van der Waals surface area contributed by atoms with Crippen molar-refractivity contribution in [1.82, 2.24) is 0 Å². The molecule has 0 radical (unpaired) electrons. The van der Waals surface area contributed by atoms with Crippen LogP contribution in [-0.2, 0) is 23.7 Å². The lowest BCUT2D eigenvalue weighted by Crippen LogP contribution is -2.26. The molecule has 2 aromatic carbocycles. The van der Waals surface area contributed by atoms with Crippen LogP contribution in [0.5, 0.6) is 11.5 Å². The Bertz CT molecular complexity index is 1720. The maximum absolute atomic E-state index is 7.14. The van der Waals surface area contributed by atoms with E-state index in [-0.39, 0.29) is 23.0 Å². The number of halogens is 1. The van der Waals surface area contributed by atoms with E-state index in [0.29, 0.717) is 0 Å². The average Bonchev–Trinajstić information content (AvgIpc) is 3.60. The Hall–Kier alpha value is -3.24. The highest BCUT2D eigenvalue weighted by molar-refractivity contribution is 6.32. The van der Waals surface area contributed by atoms with Gasteiger partial charge in [-0.15, -0.1) is 0 Å². The molecule has 0 saturated carbocycles. The molecule has 0 bridgehead atoms. The topological polar surface area (TPSA) is 24.7 Å². The number of benzene rings is 2. The molecule has 4 aliphatic heterocycles. The van der Waals surface area contributed by atoms with Gasteiger partial charge < -0.3 is 14.4 Å². The molecule has 5 heteroatoms. The van der Waals surface area contributed by atoms with Gasteiger partial charge in [-0.3, -0.25) is 0 Å². The van der Waals surface area contributed by atoms with Gasteiger partial charge in [0.05, 0.1) is 5.41 Å². The van der Waals surface area contributed by atoms with Crippen LogP contribution in [0.4, 0.5) is 11.4 Å². The van der Waals surface area contributed by atoms with Crippen LogP contribution in [0.25, 0.3) is 0 Å². The zero-order valence-corrected chi connectivity index (χ0v) is 27.7. The Kier molecular flexibility index (Phi) is 6.56. The number of nitrogens with zero attached hydrogens (tertiary/aromatic N) is 2. The Labute approximate surface area is 262 Å². The first-order valence-corrected chi connectivity index (χ1v) is 16.3. The first kappa shape index (κ1) is 28.5. The highest BCUT2D eigenvalue weighted by Gasteiger charge is 2.45.